The Kier molecular flexibility index (Phi) is 7.52. The zero-order valence-corrected chi connectivity index (χ0v) is 18.2. The number of hydrogen-bond acceptors (Lipinski definition) is 8. The number of carbonyl (C=O) groups is 2. The van der Waals surface area contributed by atoms with Crippen LogP contribution in [0.25, 0.3) is 0 Å². The quantitative estimate of drug-likeness (QED) is 0.408. The predicted octanol–water partition coefficient (Wildman–Crippen LogP) is 3.13. The summed E-state index contributed by atoms with van der Waals surface area (Å²) < 4.78 is 10.7. The van der Waals surface area contributed by atoms with Gasteiger partial charge >= 0.3 is 6.03 Å². The summed E-state index contributed by atoms with van der Waals surface area (Å²) in [6, 6.07) is -0.631. The van der Waals surface area contributed by atoms with Gasteiger partial charge in [-0.1, -0.05) is 11.6 Å². The van der Waals surface area contributed by atoms with Crippen LogP contribution >= 0.6 is 34.7 Å². The summed E-state index contributed by atoms with van der Waals surface area (Å²) in [7, 11) is 0. The number of hydrogen-bond donors (Lipinski definition) is 4. The van der Waals surface area contributed by atoms with Crippen LogP contribution in [0.15, 0.2) is 0 Å². The number of nitrogens with zero attached hydrogens (tertiary/aromatic N) is 1. The van der Waals surface area contributed by atoms with Gasteiger partial charge in [0.15, 0.2) is 5.17 Å². The molecule has 3 heterocycles. The minimum Gasteiger partial charge on any atom is -0.378 e. The molecule has 2 aliphatic rings. The fourth-order valence-electron chi connectivity index (χ4n) is 2.88. The molecule has 2 fully saturated rings. The highest BCUT2D eigenvalue weighted by molar-refractivity contribution is 8.26. The predicted molar refractivity (Wildman–Crippen MR) is 115 cm³/mol. The highest BCUT2D eigenvalue weighted by atomic mass is 35.5. The summed E-state index contributed by atoms with van der Waals surface area (Å²) in [4.78, 5) is 27.0. The Morgan fingerprint density at radius 1 is 1.28 bits per heavy atom. The van der Waals surface area contributed by atoms with Crippen molar-refractivity contribution >= 4 is 61.9 Å². The summed E-state index contributed by atoms with van der Waals surface area (Å²) in [6.07, 6.45) is 1.33. The van der Waals surface area contributed by atoms with Gasteiger partial charge in [-0.3, -0.25) is 26.2 Å². The van der Waals surface area contributed by atoms with Crippen LogP contribution in [0.4, 0.5) is 9.80 Å². The lowest BCUT2D eigenvalue weighted by molar-refractivity contribution is 0.0306. The van der Waals surface area contributed by atoms with E-state index >= 15 is 0 Å². The molecule has 1 atom stereocenters. The van der Waals surface area contributed by atoms with Crippen molar-refractivity contribution in [3.05, 3.63) is 15.5 Å². The van der Waals surface area contributed by atoms with Crippen LogP contribution in [0, 0.1) is 17.7 Å². The van der Waals surface area contributed by atoms with E-state index in [1.165, 1.54) is 0 Å². The first-order valence-corrected chi connectivity index (χ1v) is 11.1. The van der Waals surface area contributed by atoms with Crippen LogP contribution in [0.2, 0.25) is 5.02 Å². The Balaban J connectivity index is 1.57. The number of rotatable bonds is 3. The molecule has 4 N–H and O–H groups in total. The van der Waals surface area contributed by atoms with Gasteiger partial charge in [0.05, 0.1) is 18.2 Å². The Morgan fingerprint density at radius 3 is 2.66 bits per heavy atom. The smallest absolute Gasteiger partial charge is 0.325 e. The Hall–Kier alpha value is -1.66. The monoisotopic (exact) mass is 459 g/mol. The molecule has 0 spiro atoms. The van der Waals surface area contributed by atoms with Crippen molar-refractivity contribution in [1.82, 2.24) is 10.2 Å². The third kappa shape index (κ3) is 5.48. The van der Waals surface area contributed by atoms with Crippen molar-refractivity contribution in [2.45, 2.75) is 25.9 Å². The highest BCUT2D eigenvalue weighted by Gasteiger charge is 2.26. The first kappa shape index (κ1) is 22.0. The largest absolute Gasteiger partial charge is 0.378 e. The van der Waals surface area contributed by atoms with Crippen LogP contribution in [0.1, 0.15) is 28.1 Å². The Labute approximate surface area is 181 Å². The molecule has 158 valence electrons. The lowest BCUT2D eigenvalue weighted by atomic mass is 10.2. The van der Waals surface area contributed by atoms with Crippen LogP contribution in [-0.2, 0) is 9.47 Å². The van der Waals surface area contributed by atoms with Crippen LogP contribution in [0.3, 0.4) is 0 Å². The number of carbonyl (C=O) groups excluding carboxylic acids is 2. The van der Waals surface area contributed by atoms with Crippen molar-refractivity contribution in [2.75, 3.05) is 38.2 Å². The minimum absolute atomic E-state index is 0.173. The summed E-state index contributed by atoms with van der Waals surface area (Å²) >= 11 is 8.28. The molecule has 3 rings (SSSR count). The number of amides is 3. The van der Waals surface area contributed by atoms with Gasteiger partial charge in [-0.2, -0.15) is 0 Å². The van der Waals surface area contributed by atoms with Crippen LogP contribution in [0.5, 0.6) is 0 Å². The number of thioether (sulfide) groups is 1. The van der Waals surface area contributed by atoms with Gasteiger partial charge in [-0.15, -0.1) is 11.3 Å². The molecule has 2 saturated heterocycles. The van der Waals surface area contributed by atoms with E-state index in [0.717, 1.165) is 35.9 Å². The minimum atomic E-state index is -0.631. The summed E-state index contributed by atoms with van der Waals surface area (Å²) in [6.45, 7) is 4.31. The molecule has 0 aromatic carbocycles. The number of amidine groups is 1. The second-order valence-electron chi connectivity index (χ2n) is 6.48. The molecule has 1 unspecified atom stereocenters. The van der Waals surface area contributed by atoms with Crippen molar-refractivity contribution in [3.8, 4) is 0 Å². The van der Waals surface area contributed by atoms with Crippen LogP contribution in [-0.4, -0.2) is 66.1 Å². The molecule has 0 bridgehead atoms. The van der Waals surface area contributed by atoms with Crippen LogP contribution < -0.4 is 10.6 Å². The average Bonchev–Trinajstić information content (AvgIpc) is 3.33. The van der Waals surface area contributed by atoms with E-state index in [4.69, 9.17) is 31.9 Å². The van der Waals surface area contributed by atoms with Gasteiger partial charge in [0.1, 0.15) is 21.0 Å². The van der Waals surface area contributed by atoms with Gasteiger partial charge < -0.3 is 14.4 Å². The second-order valence-corrected chi connectivity index (χ2v) is 8.93. The number of thiophene rings is 1. The van der Waals surface area contributed by atoms with E-state index in [1.54, 1.807) is 11.8 Å². The second kappa shape index (κ2) is 9.90. The van der Waals surface area contributed by atoms with E-state index < -0.39 is 6.03 Å². The molecule has 29 heavy (non-hydrogen) atoms. The third-order valence-electron chi connectivity index (χ3n) is 4.45. The summed E-state index contributed by atoms with van der Waals surface area (Å²) in [5.41, 5.74) is 0.592. The zero-order valence-electron chi connectivity index (χ0n) is 15.8. The highest BCUT2D eigenvalue weighted by Crippen LogP contribution is 2.37. The first-order chi connectivity index (χ1) is 13.9. The van der Waals surface area contributed by atoms with Crippen molar-refractivity contribution in [3.63, 3.8) is 0 Å². The van der Waals surface area contributed by atoms with Gasteiger partial charge in [0.2, 0.25) is 0 Å². The van der Waals surface area contributed by atoms with Gasteiger partial charge in [0, 0.05) is 25.3 Å². The number of halogens is 1. The molecule has 9 nitrogen and oxygen atoms in total. The standard InChI is InChI=1S/C17H22ClN5O4S2/c1-9-11(18)12(15(24)23-4-7-26-8-5-23)28-14(9)21-17(25)22-16(20)29-13(19)10-3-2-6-27-10/h10,19H,2-8H2,1H3,(H3,20,21,22,25). The van der Waals surface area contributed by atoms with Crippen molar-refractivity contribution < 1.29 is 19.1 Å². The number of nitrogens with one attached hydrogen (secondary N) is 4. The SMILES string of the molecule is Cc1c(NC(=O)NC(=N)SC(=N)C2CCCO2)sc(C(=O)N2CCOCC2)c1Cl. The van der Waals surface area contributed by atoms with Crippen molar-refractivity contribution in [2.24, 2.45) is 0 Å². The zero-order chi connectivity index (χ0) is 21.0. The normalized spacial score (nSPS) is 19.1. The molecular formula is C17H22ClN5O4S2. The maximum absolute atomic E-state index is 12.7. The Bertz CT molecular complexity index is 819. The Morgan fingerprint density at radius 2 is 2.00 bits per heavy atom. The van der Waals surface area contributed by atoms with Gasteiger partial charge in [0.25, 0.3) is 5.91 Å². The molecular weight excluding hydrogens is 438 g/mol. The molecule has 1 aromatic heterocycles. The van der Waals surface area contributed by atoms with Gasteiger partial charge in [-0.25, -0.2) is 4.79 Å². The van der Waals surface area contributed by atoms with E-state index in [2.05, 4.69) is 10.6 Å². The topological polar surface area (TPSA) is 128 Å². The molecule has 1 aromatic rings. The maximum Gasteiger partial charge on any atom is 0.325 e. The molecule has 12 heteroatoms. The molecule has 0 radical (unpaired) electrons. The fraction of sp³-hybridized carbons (Fsp3) is 0.529. The van der Waals surface area contributed by atoms with Gasteiger partial charge in [-0.05, 0) is 31.5 Å². The number of morpholine rings is 1. The number of anilines is 1. The molecule has 0 saturated carbocycles. The fourth-order valence-corrected chi connectivity index (χ4v) is 4.97. The van der Waals surface area contributed by atoms with E-state index in [9.17, 15) is 9.59 Å². The van der Waals surface area contributed by atoms with Crippen molar-refractivity contribution in [1.29, 1.82) is 10.8 Å². The summed E-state index contributed by atoms with van der Waals surface area (Å²) in [5, 5.41) is 21.6. The van der Waals surface area contributed by atoms with E-state index in [0.29, 0.717) is 53.4 Å². The molecule has 2 aliphatic heterocycles. The number of urea groups is 1. The number of ether oxygens (including phenoxy) is 2. The maximum atomic E-state index is 12.7. The lowest BCUT2D eigenvalue weighted by Crippen LogP contribution is -2.40. The lowest BCUT2D eigenvalue weighted by Gasteiger charge is -2.26. The molecule has 3 amide bonds. The van der Waals surface area contributed by atoms with E-state index in [-0.39, 0.29) is 22.2 Å². The molecule has 0 aliphatic carbocycles. The van der Waals surface area contributed by atoms with E-state index in [1.807, 2.05) is 0 Å². The average molecular weight is 460 g/mol. The summed E-state index contributed by atoms with van der Waals surface area (Å²) in [5.74, 6) is -0.187. The third-order valence-corrected chi connectivity index (χ3v) is 7.02. The first-order valence-electron chi connectivity index (χ1n) is 9.07.